The van der Waals surface area contributed by atoms with Crippen LogP contribution in [0.4, 0.5) is 0 Å². The average Bonchev–Trinajstić information content (AvgIpc) is 3.38. The Balaban J connectivity index is 1.78. The first-order valence-corrected chi connectivity index (χ1v) is 14.1. The molecular formula is C37H31NO2. The maximum absolute atomic E-state index is 14.4. The van der Waals surface area contributed by atoms with Crippen molar-refractivity contribution in [3.05, 3.63) is 98.1 Å². The number of para-hydroxylation sites is 1. The van der Waals surface area contributed by atoms with Gasteiger partial charge in [0, 0.05) is 0 Å². The Morgan fingerprint density at radius 1 is 0.525 bits per heavy atom. The van der Waals surface area contributed by atoms with Crippen molar-refractivity contribution < 1.29 is 0 Å². The highest BCUT2D eigenvalue weighted by Crippen LogP contribution is 2.53. The first-order valence-electron chi connectivity index (χ1n) is 14.1. The summed E-state index contributed by atoms with van der Waals surface area (Å²) in [5, 5.41) is 12.6. The van der Waals surface area contributed by atoms with Crippen LogP contribution in [0.15, 0.2) is 70.3 Å². The predicted molar refractivity (Wildman–Crippen MR) is 170 cm³/mol. The Morgan fingerprint density at radius 3 is 1.43 bits per heavy atom. The summed E-state index contributed by atoms with van der Waals surface area (Å²) in [6.45, 7) is 15.3. The second-order valence-electron chi connectivity index (χ2n) is 13.7. The largest absolute Gasteiger partial charge is 0.268 e. The van der Waals surface area contributed by atoms with Crippen molar-refractivity contribution in [3.63, 3.8) is 0 Å². The third-order valence-electron chi connectivity index (χ3n) is 9.23. The molecule has 0 saturated carbocycles. The van der Waals surface area contributed by atoms with Gasteiger partial charge in [-0.15, -0.1) is 0 Å². The van der Waals surface area contributed by atoms with E-state index in [1.54, 1.807) is 0 Å². The summed E-state index contributed by atoms with van der Waals surface area (Å²) in [5.41, 5.74) is 3.22. The van der Waals surface area contributed by atoms with Gasteiger partial charge in [-0.25, -0.2) is 4.57 Å². The van der Waals surface area contributed by atoms with Crippen LogP contribution in [0.1, 0.15) is 58.2 Å². The monoisotopic (exact) mass is 521 g/mol. The smallest absolute Gasteiger partial charge is 0.266 e. The van der Waals surface area contributed by atoms with Crippen molar-refractivity contribution in [3.8, 4) is 5.69 Å². The van der Waals surface area contributed by atoms with Crippen LogP contribution >= 0.6 is 0 Å². The SMILES string of the molecule is Cc1ccccc1-n1c(=O)c2c3cc(C(C)(C)C)c4ccc5ccc6c(C(C)(C)C)cc(c2c1=O)c1c6c5c4c31. The molecule has 0 fully saturated rings. The molecule has 3 heteroatoms. The van der Waals surface area contributed by atoms with Crippen molar-refractivity contribution in [1.82, 2.24) is 4.57 Å². The van der Waals surface area contributed by atoms with E-state index in [2.05, 4.69) is 77.9 Å². The van der Waals surface area contributed by atoms with Crippen LogP contribution in [0.2, 0.25) is 0 Å². The molecule has 3 nitrogen and oxygen atoms in total. The van der Waals surface area contributed by atoms with E-state index in [1.807, 2.05) is 31.2 Å². The molecule has 0 N–H and O–H groups in total. The number of rotatable bonds is 1. The van der Waals surface area contributed by atoms with Crippen molar-refractivity contribution in [2.45, 2.75) is 59.3 Å². The molecule has 0 aliphatic carbocycles. The number of aromatic nitrogens is 1. The number of benzene rings is 6. The minimum atomic E-state index is -0.226. The maximum Gasteiger partial charge on any atom is 0.266 e. The summed E-state index contributed by atoms with van der Waals surface area (Å²) < 4.78 is 1.41. The first-order chi connectivity index (χ1) is 18.9. The zero-order valence-corrected chi connectivity index (χ0v) is 24.0. The molecule has 7 aromatic carbocycles. The molecule has 1 heterocycles. The molecule has 0 aliphatic heterocycles. The fourth-order valence-electron chi connectivity index (χ4n) is 7.46. The summed E-state index contributed by atoms with van der Waals surface area (Å²) >= 11 is 0. The number of hydrogen-bond acceptors (Lipinski definition) is 2. The van der Waals surface area contributed by atoms with Crippen molar-refractivity contribution in [1.29, 1.82) is 0 Å². The molecule has 8 rings (SSSR count). The highest BCUT2D eigenvalue weighted by molar-refractivity contribution is 6.48. The molecule has 1 aromatic heterocycles. The van der Waals surface area contributed by atoms with Gasteiger partial charge in [-0.2, -0.15) is 0 Å². The highest BCUT2D eigenvalue weighted by Gasteiger charge is 2.32. The summed E-state index contributed by atoms with van der Waals surface area (Å²) in [5.74, 6) is 0. The van der Waals surface area contributed by atoms with Crippen LogP contribution in [0.25, 0.3) is 70.3 Å². The second-order valence-corrected chi connectivity index (χ2v) is 13.7. The van der Waals surface area contributed by atoms with E-state index in [-0.39, 0.29) is 21.9 Å². The Bertz CT molecular complexity index is 2290. The van der Waals surface area contributed by atoms with Gasteiger partial charge < -0.3 is 0 Å². The van der Waals surface area contributed by atoms with Gasteiger partial charge in [0.1, 0.15) is 0 Å². The lowest BCUT2D eigenvalue weighted by molar-refractivity contribution is 0.596. The molecule has 0 bridgehead atoms. The molecule has 0 radical (unpaired) electrons. The Labute approximate surface area is 232 Å². The number of aryl methyl sites for hydroxylation is 1. The zero-order chi connectivity index (χ0) is 28.0. The number of fused-ring (bicyclic) bond motifs is 3. The molecule has 0 saturated heterocycles. The Hall–Kier alpha value is -4.24. The van der Waals surface area contributed by atoms with Crippen molar-refractivity contribution in [2.75, 3.05) is 0 Å². The molecule has 0 amide bonds. The summed E-state index contributed by atoms with van der Waals surface area (Å²) in [6, 6.07) is 21.1. The summed E-state index contributed by atoms with van der Waals surface area (Å²) in [7, 11) is 0. The molecular weight excluding hydrogens is 490 g/mol. The molecule has 0 unspecified atom stereocenters. The van der Waals surface area contributed by atoms with E-state index in [0.29, 0.717) is 16.5 Å². The summed E-state index contributed by atoms with van der Waals surface area (Å²) in [4.78, 5) is 28.9. The molecule has 196 valence electrons. The van der Waals surface area contributed by atoms with Crippen LogP contribution in [-0.4, -0.2) is 4.57 Å². The lowest BCUT2D eigenvalue weighted by Crippen LogP contribution is -2.24. The van der Waals surface area contributed by atoms with Gasteiger partial charge in [-0.1, -0.05) is 84.0 Å². The fraction of sp³-hybridized carbons (Fsp3) is 0.243. The third-order valence-corrected chi connectivity index (χ3v) is 9.23. The minimum absolute atomic E-state index is 0.148. The Morgan fingerprint density at radius 2 is 0.975 bits per heavy atom. The Kier molecular flexibility index (Phi) is 4.19. The van der Waals surface area contributed by atoms with E-state index < -0.39 is 0 Å². The van der Waals surface area contributed by atoms with Crippen molar-refractivity contribution >= 4 is 64.6 Å². The molecule has 0 spiro atoms. The molecule has 40 heavy (non-hydrogen) atoms. The summed E-state index contributed by atoms with van der Waals surface area (Å²) in [6.07, 6.45) is 0. The van der Waals surface area contributed by atoms with E-state index in [0.717, 1.165) is 27.1 Å². The van der Waals surface area contributed by atoms with Gasteiger partial charge >= 0.3 is 0 Å². The van der Waals surface area contributed by atoms with E-state index in [1.165, 1.54) is 48.0 Å². The van der Waals surface area contributed by atoms with Gasteiger partial charge in [-0.3, -0.25) is 9.59 Å². The van der Waals surface area contributed by atoms with Gasteiger partial charge in [0.05, 0.1) is 16.5 Å². The van der Waals surface area contributed by atoms with Crippen LogP contribution in [0.5, 0.6) is 0 Å². The standard InChI is InChI=1S/C37H31NO2/c1-18-10-8-9-11-26(18)38-34(39)32-22-16-24(36(2,3)4)20-14-12-19-13-15-21-25(37(5,6)7)17-23(33(32)35(38)40)31-29(21)27(19)28(20)30(22)31/h8-17H,1-7H3. The average molecular weight is 522 g/mol. The highest BCUT2D eigenvalue weighted by atomic mass is 16.2. The quantitative estimate of drug-likeness (QED) is 0.203. The van der Waals surface area contributed by atoms with Crippen LogP contribution in [0, 0.1) is 6.92 Å². The maximum atomic E-state index is 14.4. The van der Waals surface area contributed by atoms with Crippen LogP contribution in [-0.2, 0) is 10.8 Å². The number of hydrogen-bond donors (Lipinski definition) is 0. The predicted octanol–water partition coefficient (Wildman–Crippen LogP) is 8.77. The van der Waals surface area contributed by atoms with Gasteiger partial charge in [0.2, 0.25) is 0 Å². The normalized spacial score (nSPS) is 13.6. The molecule has 0 aliphatic rings. The van der Waals surface area contributed by atoms with E-state index >= 15 is 0 Å². The molecule has 0 atom stereocenters. The molecule has 8 aromatic rings. The first kappa shape index (κ1) is 23.6. The van der Waals surface area contributed by atoms with Crippen LogP contribution in [0.3, 0.4) is 0 Å². The van der Waals surface area contributed by atoms with Gasteiger partial charge in [0.25, 0.3) is 11.1 Å². The van der Waals surface area contributed by atoms with Crippen molar-refractivity contribution in [2.24, 2.45) is 0 Å². The van der Waals surface area contributed by atoms with E-state index in [9.17, 15) is 9.59 Å². The topological polar surface area (TPSA) is 39.1 Å². The van der Waals surface area contributed by atoms with Gasteiger partial charge in [-0.05, 0) is 107 Å². The third kappa shape index (κ3) is 2.66. The van der Waals surface area contributed by atoms with E-state index in [4.69, 9.17) is 0 Å². The minimum Gasteiger partial charge on any atom is -0.268 e. The fourth-order valence-corrected chi connectivity index (χ4v) is 7.46. The second kappa shape index (κ2) is 7.09. The lowest BCUT2D eigenvalue weighted by atomic mass is 9.80. The van der Waals surface area contributed by atoms with Gasteiger partial charge in [0.15, 0.2) is 0 Å². The van der Waals surface area contributed by atoms with Crippen LogP contribution < -0.4 is 11.1 Å². The number of nitrogens with zero attached hydrogens (tertiary/aromatic N) is 1. The zero-order valence-electron chi connectivity index (χ0n) is 24.0. The lowest BCUT2D eigenvalue weighted by Gasteiger charge is -2.23.